The van der Waals surface area contributed by atoms with E-state index >= 15 is 0 Å². The highest BCUT2D eigenvalue weighted by atomic mass is 35.5. The van der Waals surface area contributed by atoms with Gasteiger partial charge in [0.2, 0.25) is 4.87 Å². The van der Waals surface area contributed by atoms with E-state index < -0.39 is 4.87 Å². The number of halogens is 1. The summed E-state index contributed by atoms with van der Waals surface area (Å²) in [6, 6.07) is 17.7. The zero-order valence-corrected chi connectivity index (χ0v) is 19.6. The number of hydrazone groups is 1. The molecule has 0 saturated heterocycles. The molecule has 1 N–H and O–H groups in total. The van der Waals surface area contributed by atoms with E-state index in [2.05, 4.69) is 16.6 Å². The number of thioether (sulfide) groups is 1. The molecule has 1 atom stereocenters. The monoisotopic (exact) mass is 463 g/mol. The van der Waals surface area contributed by atoms with Gasteiger partial charge in [-0.2, -0.15) is 5.10 Å². The molecule has 1 unspecified atom stereocenters. The maximum atomic E-state index is 13.7. The number of benzene rings is 3. The molecule has 3 aromatic carbocycles. The van der Waals surface area contributed by atoms with Gasteiger partial charge >= 0.3 is 0 Å². The first-order valence-corrected chi connectivity index (χ1v) is 11.5. The molecule has 32 heavy (non-hydrogen) atoms. The van der Waals surface area contributed by atoms with Crippen LogP contribution < -0.4 is 15.1 Å². The van der Waals surface area contributed by atoms with E-state index in [0.717, 1.165) is 44.0 Å². The normalized spacial score (nSPS) is 19.2. The second-order valence-electron chi connectivity index (χ2n) is 8.10. The van der Waals surface area contributed by atoms with Crippen molar-refractivity contribution in [3.05, 3.63) is 82.4 Å². The molecule has 0 aliphatic carbocycles. The van der Waals surface area contributed by atoms with E-state index in [1.54, 1.807) is 12.0 Å². The number of fused-ring (bicyclic) bond motifs is 3. The predicted molar refractivity (Wildman–Crippen MR) is 133 cm³/mol. The number of hydrogen-bond donors (Lipinski definition) is 1. The molecule has 162 valence electrons. The number of ether oxygens (including phenoxy) is 1. The molecular formula is C25H22ClN3O2S. The smallest absolute Gasteiger partial charge is 0.270 e. The van der Waals surface area contributed by atoms with Gasteiger partial charge < -0.3 is 9.64 Å². The summed E-state index contributed by atoms with van der Waals surface area (Å²) in [6.07, 6.45) is 2.05. The first-order chi connectivity index (χ1) is 15.4. The number of nitrogens with zero attached hydrogens (tertiary/aromatic N) is 2. The summed E-state index contributed by atoms with van der Waals surface area (Å²) >= 11 is 7.76. The van der Waals surface area contributed by atoms with Crippen molar-refractivity contribution in [2.45, 2.75) is 18.7 Å². The quantitative estimate of drug-likeness (QED) is 0.507. The van der Waals surface area contributed by atoms with Crippen LogP contribution in [-0.4, -0.2) is 24.6 Å². The zero-order valence-electron chi connectivity index (χ0n) is 18.0. The van der Waals surface area contributed by atoms with Crippen molar-refractivity contribution in [2.24, 2.45) is 5.10 Å². The highest BCUT2D eigenvalue weighted by molar-refractivity contribution is 8.16. The van der Waals surface area contributed by atoms with E-state index in [-0.39, 0.29) is 5.91 Å². The van der Waals surface area contributed by atoms with Crippen LogP contribution in [0.25, 0.3) is 10.8 Å². The third-order valence-corrected chi connectivity index (χ3v) is 7.26. The molecule has 2 aliphatic heterocycles. The summed E-state index contributed by atoms with van der Waals surface area (Å²) in [5, 5.41) is 8.12. The maximum Gasteiger partial charge on any atom is 0.270 e. The predicted octanol–water partition coefficient (Wildman–Crippen LogP) is 5.67. The first kappa shape index (κ1) is 20.9. The van der Waals surface area contributed by atoms with Crippen LogP contribution in [0, 0.1) is 0 Å². The summed E-state index contributed by atoms with van der Waals surface area (Å²) in [6.45, 7) is 4.56. The molecule has 5 nitrogen and oxygen atoms in total. The van der Waals surface area contributed by atoms with Crippen molar-refractivity contribution in [1.82, 2.24) is 5.43 Å². The van der Waals surface area contributed by atoms with Gasteiger partial charge in [0.05, 0.1) is 12.8 Å². The SMILES string of the molecule is COc1ccc2cc(C3=NNC4(S3)C(=O)N(CC=C(C)C)c3ccc(Cl)cc34)ccc2c1. The lowest BCUT2D eigenvalue weighted by Gasteiger charge is -2.22. The first-order valence-electron chi connectivity index (χ1n) is 10.3. The van der Waals surface area contributed by atoms with Gasteiger partial charge in [-0.15, -0.1) is 0 Å². The van der Waals surface area contributed by atoms with Crippen molar-refractivity contribution in [3.63, 3.8) is 0 Å². The molecule has 1 spiro atoms. The Bertz CT molecular complexity index is 1320. The summed E-state index contributed by atoms with van der Waals surface area (Å²) in [5.41, 5.74) is 6.97. The average Bonchev–Trinajstić information content (AvgIpc) is 3.33. The Morgan fingerprint density at radius 3 is 2.72 bits per heavy atom. The van der Waals surface area contributed by atoms with E-state index in [1.807, 2.05) is 68.5 Å². The van der Waals surface area contributed by atoms with Crippen LogP contribution in [0.3, 0.4) is 0 Å². The fraction of sp³-hybridized carbons (Fsp3) is 0.200. The average molecular weight is 464 g/mol. The standard InChI is InChI=1S/C25H22ClN3O2S/c1-15(2)10-11-29-22-9-7-19(26)14-21(22)25(24(29)30)28-27-23(32-25)18-5-4-17-13-20(31-3)8-6-16(17)12-18/h4-10,12-14,28H,11H2,1-3H3. The second kappa shape index (κ2) is 7.87. The summed E-state index contributed by atoms with van der Waals surface area (Å²) in [4.78, 5) is 14.4. The molecule has 2 heterocycles. The van der Waals surface area contributed by atoms with Gasteiger partial charge in [-0.1, -0.05) is 53.2 Å². The van der Waals surface area contributed by atoms with Crippen molar-refractivity contribution in [3.8, 4) is 5.75 Å². The number of carbonyl (C=O) groups excluding carboxylic acids is 1. The summed E-state index contributed by atoms with van der Waals surface area (Å²) in [5.74, 6) is 0.779. The van der Waals surface area contributed by atoms with Crippen LogP contribution >= 0.6 is 23.4 Å². The van der Waals surface area contributed by atoms with E-state index in [4.69, 9.17) is 16.3 Å². The van der Waals surface area contributed by atoms with Gasteiger partial charge in [0.25, 0.3) is 5.91 Å². The summed E-state index contributed by atoms with van der Waals surface area (Å²) < 4.78 is 5.32. The van der Waals surface area contributed by atoms with Gasteiger partial charge in [-0.3, -0.25) is 10.2 Å². The Hall–Kier alpha value is -2.96. The molecule has 1 amide bonds. The molecule has 2 aliphatic rings. The molecule has 7 heteroatoms. The van der Waals surface area contributed by atoms with Crippen molar-refractivity contribution < 1.29 is 9.53 Å². The van der Waals surface area contributed by atoms with Gasteiger partial charge in [0.15, 0.2) is 0 Å². The number of carbonyl (C=O) groups is 1. The Morgan fingerprint density at radius 2 is 1.94 bits per heavy atom. The number of anilines is 1. The minimum atomic E-state index is -1.01. The Morgan fingerprint density at radius 1 is 1.16 bits per heavy atom. The third kappa shape index (κ3) is 3.34. The fourth-order valence-electron chi connectivity index (χ4n) is 4.03. The molecule has 0 saturated carbocycles. The molecular weight excluding hydrogens is 442 g/mol. The summed E-state index contributed by atoms with van der Waals surface area (Å²) in [7, 11) is 1.66. The van der Waals surface area contributed by atoms with Crippen LogP contribution in [0.4, 0.5) is 5.69 Å². The Kier molecular flexibility index (Phi) is 5.14. The number of amides is 1. The van der Waals surface area contributed by atoms with E-state index in [1.165, 1.54) is 11.8 Å². The maximum absolute atomic E-state index is 13.7. The van der Waals surface area contributed by atoms with Crippen molar-refractivity contribution in [2.75, 3.05) is 18.6 Å². The minimum Gasteiger partial charge on any atom is -0.497 e. The Labute approximate surface area is 196 Å². The number of methoxy groups -OCH3 is 1. The van der Waals surface area contributed by atoms with E-state index in [0.29, 0.717) is 11.6 Å². The van der Waals surface area contributed by atoms with Crippen LogP contribution in [-0.2, 0) is 9.67 Å². The van der Waals surface area contributed by atoms with Gasteiger partial charge in [-0.25, -0.2) is 0 Å². The minimum absolute atomic E-state index is 0.0402. The fourth-order valence-corrected chi connectivity index (χ4v) is 5.39. The van der Waals surface area contributed by atoms with Crippen LogP contribution in [0.5, 0.6) is 5.75 Å². The molecule has 0 radical (unpaired) electrons. The molecule has 0 aromatic heterocycles. The highest BCUT2D eigenvalue weighted by Crippen LogP contribution is 2.51. The van der Waals surface area contributed by atoms with Gasteiger partial charge in [-0.05, 0) is 61.0 Å². The highest BCUT2D eigenvalue weighted by Gasteiger charge is 2.55. The number of allylic oxidation sites excluding steroid dienone is 1. The zero-order chi connectivity index (χ0) is 22.5. The largest absolute Gasteiger partial charge is 0.497 e. The number of nitrogens with one attached hydrogen (secondary N) is 1. The lowest BCUT2D eigenvalue weighted by atomic mass is 10.1. The van der Waals surface area contributed by atoms with Crippen LogP contribution in [0.15, 0.2) is 71.3 Å². The van der Waals surface area contributed by atoms with Crippen LogP contribution in [0.2, 0.25) is 5.02 Å². The van der Waals surface area contributed by atoms with Gasteiger partial charge in [0, 0.05) is 22.7 Å². The number of rotatable bonds is 4. The topological polar surface area (TPSA) is 53.9 Å². The lowest BCUT2D eigenvalue weighted by molar-refractivity contribution is -0.120. The lowest BCUT2D eigenvalue weighted by Crippen LogP contribution is -2.44. The molecule has 3 aromatic rings. The number of hydrogen-bond acceptors (Lipinski definition) is 5. The Balaban J connectivity index is 1.51. The molecule has 0 fully saturated rings. The van der Waals surface area contributed by atoms with Crippen molar-refractivity contribution >= 4 is 50.8 Å². The van der Waals surface area contributed by atoms with Crippen LogP contribution in [0.1, 0.15) is 25.0 Å². The molecule has 0 bridgehead atoms. The van der Waals surface area contributed by atoms with Gasteiger partial charge in [0.1, 0.15) is 10.8 Å². The van der Waals surface area contributed by atoms with Crippen molar-refractivity contribution in [1.29, 1.82) is 0 Å². The second-order valence-corrected chi connectivity index (χ2v) is 9.74. The molecule has 5 rings (SSSR count). The third-order valence-electron chi connectivity index (χ3n) is 5.72. The van der Waals surface area contributed by atoms with E-state index in [9.17, 15) is 4.79 Å².